The van der Waals surface area contributed by atoms with Gasteiger partial charge in [-0.05, 0) is 48.4 Å². The molecule has 1 heterocycles. The fourth-order valence-electron chi connectivity index (χ4n) is 2.26. The first-order valence-corrected chi connectivity index (χ1v) is 7.61. The Bertz CT molecular complexity index is 601. The number of nitrogens with one attached hydrogen (secondary N) is 1. The molecule has 19 heavy (non-hydrogen) atoms. The summed E-state index contributed by atoms with van der Waals surface area (Å²) in [4.78, 5) is 12.8. The van der Waals surface area contributed by atoms with E-state index in [4.69, 9.17) is 5.73 Å². The minimum absolute atomic E-state index is 0.0376. The molecule has 4 heteroatoms. The average molecular weight is 274 g/mol. The fourth-order valence-corrected chi connectivity index (χ4v) is 3.22. The Kier molecular flexibility index (Phi) is 3.42. The van der Waals surface area contributed by atoms with Crippen molar-refractivity contribution in [3.63, 3.8) is 0 Å². The van der Waals surface area contributed by atoms with Crippen molar-refractivity contribution in [1.29, 1.82) is 0 Å². The van der Waals surface area contributed by atoms with Crippen molar-refractivity contribution in [1.82, 2.24) is 5.32 Å². The summed E-state index contributed by atoms with van der Waals surface area (Å²) in [6.07, 6.45) is 5.11. The van der Waals surface area contributed by atoms with Crippen LogP contribution in [0.1, 0.15) is 35.4 Å². The molecule has 1 saturated carbocycles. The lowest BCUT2D eigenvalue weighted by molar-refractivity contribution is 0.0957. The number of hydrogen-bond donors (Lipinski definition) is 2. The van der Waals surface area contributed by atoms with Crippen LogP contribution >= 0.6 is 11.3 Å². The molecular formula is C15H18N2OS. The van der Waals surface area contributed by atoms with Gasteiger partial charge in [-0.25, -0.2) is 0 Å². The molecule has 1 aromatic heterocycles. The van der Waals surface area contributed by atoms with Gasteiger partial charge in [0.2, 0.25) is 0 Å². The number of hydrogen-bond acceptors (Lipinski definition) is 3. The molecular weight excluding hydrogens is 256 g/mol. The first-order chi connectivity index (χ1) is 9.22. The molecule has 1 fully saturated rings. The van der Waals surface area contributed by atoms with Crippen molar-refractivity contribution in [3.05, 3.63) is 29.1 Å². The highest BCUT2D eigenvalue weighted by Crippen LogP contribution is 2.33. The standard InChI is InChI=1S/C15H18N2OS/c16-12-5-6-13-11(8-12)9-14(19-13)15(18)17-7-1-2-10-3-4-10/h5-6,8-10H,1-4,7,16H2,(H,17,18). The van der Waals surface area contributed by atoms with Gasteiger partial charge in [-0.15, -0.1) is 11.3 Å². The molecule has 0 aliphatic heterocycles. The van der Waals surface area contributed by atoms with Gasteiger partial charge in [-0.3, -0.25) is 4.79 Å². The van der Waals surface area contributed by atoms with Crippen LogP contribution in [0.3, 0.4) is 0 Å². The maximum Gasteiger partial charge on any atom is 0.261 e. The van der Waals surface area contributed by atoms with Crippen LogP contribution < -0.4 is 11.1 Å². The average Bonchev–Trinajstić information content (AvgIpc) is 3.12. The van der Waals surface area contributed by atoms with Crippen LogP contribution in [0.15, 0.2) is 24.3 Å². The van der Waals surface area contributed by atoms with Crippen molar-refractivity contribution in [3.8, 4) is 0 Å². The van der Waals surface area contributed by atoms with Crippen LogP contribution in [0.4, 0.5) is 5.69 Å². The van der Waals surface area contributed by atoms with E-state index in [0.717, 1.165) is 39.5 Å². The molecule has 0 saturated heterocycles. The minimum Gasteiger partial charge on any atom is -0.399 e. The monoisotopic (exact) mass is 274 g/mol. The zero-order valence-corrected chi connectivity index (χ0v) is 11.6. The molecule has 3 rings (SSSR count). The molecule has 1 aliphatic rings. The Labute approximate surface area is 116 Å². The summed E-state index contributed by atoms with van der Waals surface area (Å²) in [5.74, 6) is 0.972. The molecule has 2 aromatic rings. The Balaban J connectivity index is 1.60. The fraction of sp³-hybridized carbons (Fsp3) is 0.400. The van der Waals surface area contributed by atoms with Crippen LogP contribution in [0.5, 0.6) is 0 Å². The molecule has 100 valence electrons. The maximum atomic E-state index is 12.0. The Morgan fingerprint density at radius 3 is 3.00 bits per heavy atom. The summed E-state index contributed by atoms with van der Waals surface area (Å²) >= 11 is 1.52. The predicted octanol–water partition coefficient (Wildman–Crippen LogP) is 3.40. The van der Waals surface area contributed by atoms with Crippen LogP contribution in [0, 0.1) is 5.92 Å². The van der Waals surface area contributed by atoms with E-state index in [1.807, 2.05) is 24.3 Å². The Morgan fingerprint density at radius 1 is 1.37 bits per heavy atom. The molecule has 3 N–H and O–H groups in total. The van der Waals surface area contributed by atoms with Crippen LogP contribution in [-0.2, 0) is 0 Å². The number of fused-ring (bicyclic) bond motifs is 1. The number of rotatable bonds is 5. The summed E-state index contributed by atoms with van der Waals surface area (Å²) in [6.45, 7) is 0.783. The summed E-state index contributed by atoms with van der Waals surface area (Å²) in [7, 11) is 0. The van der Waals surface area contributed by atoms with E-state index in [2.05, 4.69) is 5.32 Å². The molecule has 1 amide bonds. The summed E-state index contributed by atoms with van der Waals surface area (Å²) in [6, 6.07) is 7.68. The third-order valence-electron chi connectivity index (χ3n) is 3.54. The smallest absolute Gasteiger partial charge is 0.261 e. The van der Waals surface area contributed by atoms with Crippen LogP contribution in [0.2, 0.25) is 0 Å². The highest BCUT2D eigenvalue weighted by atomic mass is 32.1. The number of nitrogen functional groups attached to an aromatic ring is 1. The molecule has 1 aromatic carbocycles. The highest BCUT2D eigenvalue weighted by Gasteiger charge is 2.20. The molecule has 0 spiro atoms. The van der Waals surface area contributed by atoms with Gasteiger partial charge in [0, 0.05) is 16.9 Å². The third kappa shape index (κ3) is 3.07. The van der Waals surface area contributed by atoms with Crippen molar-refractivity contribution >= 4 is 33.0 Å². The van der Waals surface area contributed by atoms with E-state index in [1.165, 1.54) is 30.6 Å². The van der Waals surface area contributed by atoms with Gasteiger partial charge in [-0.1, -0.05) is 12.8 Å². The van der Waals surface area contributed by atoms with E-state index >= 15 is 0 Å². The second kappa shape index (κ2) is 5.21. The van der Waals surface area contributed by atoms with E-state index in [-0.39, 0.29) is 5.91 Å². The van der Waals surface area contributed by atoms with Gasteiger partial charge in [0.05, 0.1) is 4.88 Å². The lowest BCUT2D eigenvalue weighted by Crippen LogP contribution is -2.23. The van der Waals surface area contributed by atoms with Crippen molar-refractivity contribution < 1.29 is 4.79 Å². The van der Waals surface area contributed by atoms with E-state index in [9.17, 15) is 4.79 Å². The van der Waals surface area contributed by atoms with E-state index < -0.39 is 0 Å². The second-order valence-corrected chi connectivity index (χ2v) is 6.33. The molecule has 1 aliphatic carbocycles. The number of anilines is 1. The topological polar surface area (TPSA) is 55.1 Å². The molecule has 0 atom stereocenters. The third-order valence-corrected chi connectivity index (χ3v) is 4.65. The van der Waals surface area contributed by atoms with E-state index in [0.29, 0.717) is 0 Å². The summed E-state index contributed by atoms with van der Waals surface area (Å²) in [5, 5.41) is 4.05. The predicted molar refractivity (Wildman–Crippen MR) is 80.5 cm³/mol. The SMILES string of the molecule is Nc1ccc2sc(C(=O)NCCCC3CC3)cc2c1. The van der Waals surface area contributed by atoms with Crippen molar-refractivity contribution in [2.45, 2.75) is 25.7 Å². The number of amides is 1. The first-order valence-electron chi connectivity index (χ1n) is 6.79. The highest BCUT2D eigenvalue weighted by molar-refractivity contribution is 7.20. The molecule has 0 unspecified atom stereocenters. The largest absolute Gasteiger partial charge is 0.399 e. The Hall–Kier alpha value is -1.55. The number of nitrogens with two attached hydrogens (primary N) is 1. The van der Waals surface area contributed by atoms with Gasteiger partial charge in [0.15, 0.2) is 0 Å². The molecule has 3 nitrogen and oxygen atoms in total. The van der Waals surface area contributed by atoms with Gasteiger partial charge < -0.3 is 11.1 Å². The number of carbonyl (C=O) groups is 1. The van der Waals surface area contributed by atoms with Crippen molar-refractivity contribution in [2.24, 2.45) is 5.92 Å². The number of carbonyl (C=O) groups excluding carboxylic acids is 1. The number of thiophene rings is 1. The Morgan fingerprint density at radius 2 is 2.21 bits per heavy atom. The zero-order chi connectivity index (χ0) is 13.2. The van der Waals surface area contributed by atoms with Gasteiger partial charge in [0.1, 0.15) is 0 Å². The van der Waals surface area contributed by atoms with Gasteiger partial charge in [0.25, 0.3) is 5.91 Å². The maximum absolute atomic E-state index is 12.0. The molecule has 0 bridgehead atoms. The molecule has 0 radical (unpaired) electrons. The van der Waals surface area contributed by atoms with Crippen LogP contribution in [-0.4, -0.2) is 12.5 Å². The summed E-state index contributed by atoms with van der Waals surface area (Å²) in [5.41, 5.74) is 6.48. The normalized spacial score (nSPS) is 14.7. The number of benzene rings is 1. The lowest BCUT2D eigenvalue weighted by Gasteiger charge is -2.02. The van der Waals surface area contributed by atoms with E-state index in [1.54, 1.807) is 0 Å². The quantitative estimate of drug-likeness (QED) is 0.648. The second-order valence-electron chi connectivity index (χ2n) is 5.25. The van der Waals surface area contributed by atoms with Gasteiger partial charge in [-0.2, -0.15) is 0 Å². The minimum atomic E-state index is 0.0376. The van der Waals surface area contributed by atoms with Gasteiger partial charge >= 0.3 is 0 Å². The zero-order valence-electron chi connectivity index (χ0n) is 10.8. The summed E-state index contributed by atoms with van der Waals surface area (Å²) < 4.78 is 1.11. The first kappa shape index (κ1) is 12.5. The lowest BCUT2D eigenvalue weighted by atomic mass is 10.2. The van der Waals surface area contributed by atoms with Crippen molar-refractivity contribution in [2.75, 3.05) is 12.3 Å². The van der Waals surface area contributed by atoms with Crippen LogP contribution in [0.25, 0.3) is 10.1 Å².